The SMILES string of the molecule is NC(=NCC1CCC(F)(F)C1)Nc1cccc(OC(F)(F)F)c1. The maximum atomic E-state index is 13.0. The van der Waals surface area contributed by atoms with E-state index in [1.54, 1.807) is 0 Å². The van der Waals surface area contributed by atoms with Crippen molar-refractivity contribution in [1.82, 2.24) is 0 Å². The van der Waals surface area contributed by atoms with Crippen LogP contribution in [0.15, 0.2) is 29.3 Å². The van der Waals surface area contributed by atoms with E-state index in [4.69, 9.17) is 5.73 Å². The van der Waals surface area contributed by atoms with E-state index in [0.717, 1.165) is 12.1 Å². The van der Waals surface area contributed by atoms with Crippen LogP contribution in [0.4, 0.5) is 27.6 Å². The molecule has 1 unspecified atom stereocenters. The number of anilines is 1. The maximum Gasteiger partial charge on any atom is 0.573 e. The molecule has 1 atom stereocenters. The van der Waals surface area contributed by atoms with Crippen molar-refractivity contribution in [3.05, 3.63) is 24.3 Å². The number of aliphatic imine (C=N–C) groups is 1. The molecule has 0 bridgehead atoms. The van der Waals surface area contributed by atoms with Gasteiger partial charge in [-0.15, -0.1) is 13.2 Å². The Balaban J connectivity index is 1.91. The first-order valence-corrected chi connectivity index (χ1v) is 6.93. The number of hydrogen-bond acceptors (Lipinski definition) is 2. The van der Waals surface area contributed by atoms with Crippen LogP contribution in [0, 0.1) is 5.92 Å². The van der Waals surface area contributed by atoms with E-state index in [1.165, 1.54) is 12.1 Å². The van der Waals surface area contributed by atoms with Crippen molar-refractivity contribution in [2.24, 2.45) is 16.6 Å². The van der Waals surface area contributed by atoms with Crippen molar-refractivity contribution in [3.63, 3.8) is 0 Å². The second-order valence-electron chi connectivity index (χ2n) is 5.39. The molecule has 2 rings (SSSR count). The van der Waals surface area contributed by atoms with Crippen molar-refractivity contribution in [3.8, 4) is 5.75 Å². The van der Waals surface area contributed by atoms with Gasteiger partial charge in [-0.05, 0) is 24.5 Å². The summed E-state index contributed by atoms with van der Waals surface area (Å²) < 4.78 is 66.3. The Kier molecular flexibility index (Phi) is 4.96. The molecule has 0 spiro atoms. The second kappa shape index (κ2) is 6.59. The van der Waals surface area contributed by atoms with Crippen molar-refractivity contribution in [1.29, 1.82) is 0 Å². The van der Waals surface area contributed by atoms with E-state index in [1.807, 2.05) is 0 Å². The molecule has 0 aromatic heterocycles. The van der Waals surface area contributed by atoms with E-state index in [9.17, 15) is 22.0 Å². The summed E-state index contributed by atoms with van der Waals surface area (Å²) in [6.45, 7) is 0.146. The third-order valence-electron chi connectivity index (χ3n) is 3.37. The Morgan fingerprint density at radius 3 is 2.74 bits per heavy atom. The largest absolute Gasteiger partial charge is 0.573 e. The minimum atomic E-state index is -4.79. The number of nitrogens with two attached hydrogens (primary N) is 1. The van der Waals surface area contributed by atoms with Gasteiger partial charge in [0.15, 0.2) is 5.96 Å². The van der Waals surface area contributed by atoms with Gasteiger partial charge in [0.25, 0.3) is 0 Å². The summed E-state index contributed by atoms with van der Waals surface area (Å²) in [7, 11) is 0. The molecular formula is C14H16F5N3O. The third-order valence-corrected chi connectivity index (χ3v) is 3.37. The highest BCUT2D eigenvalue weighted by Gasteiger charge is 2.39. The van der Waals surface area contributed by atoms with Gasteiger partial charge in [0.05, 0.1) is 0 Å². The predicted octanol–water partition coefficient (Wildman–Crippen LogP) is 3.75. The molecule has 0 radical (unpaired) electrons. The molecule has 1 aromatic rings. The van der Waals surface area contributed by atoms with Crippen LogP contribution in [0.1, 0.15) is 19.3 Å². The van der Waals surface area contributed by atoms with E-state index < -0.39 is 18.0 Å². The lowest BCUT2D eigenvalue weighted by molar-refractivity contribution is -0.274. The Hall–Kier alpha value is -2.06. The summed E-state index contributed by atoms with van der Waals surface area (Å²) >= 11 is 0. The standard InChI is InChI=1S/C14H16F5N3O/c15-13(16)5-4-9(7-13)8-21-12(20)22-10-2-1-3-11(6-10)23-14(17,18)19/h1-3,6,9H,4-5,7-8H2,(H3,20,21,22). The lowest BCUT2D eigenvalue weighted by Gasteiger charge is -2.12. The van der Waals surface area contributed by atoms with Gasteiger partial charge >= 0.3 is 6.36 Å². The fourth-order valence-electron chi connectivity index (χ4n) is 2.38. The number of nitrogens with zero attached hydrogens (tertiary/aromatic N) is 1. The lowest BCUT2D eigenvalue weighted by Crippen LogP contribution is -2.24. The first-order valence-electron chi connectivity index (χ1n) is 6.93. The Bertz CT molecular complexity index is 574. The summed E-state index contributed by atoms with van der Waals surface area (Å²) in [5, 5.41) is 2.61. The van der Waals surface area contributed by atoms with Crippen molar-refractivity contribution < 1.29 is 26.7 Å². The smallest absolute Gasteiger partial charge is 0.406 e. The van der Waals surface area contributed by atoms with Gasteiger partial charge in [0.2, 0.25) is 5.92 Å². The molecule has 1 aromatic carbocycles. The van der Waals surface area contributed by atoms with Crippen LogP contribution in [0.5, 0.6) is 5.75 Å². The van der Waals surface area contributed by atoms with Crippen LogP contribution in [0.2, 0.25) is 0 Å². The maximum absolute atomic E-state index is 13.0. The number of guanidine groups is 1. The summed E-state index contributed by atoms with van der Waals surface area (Å²) in [6.07, 6.45) is -4.79. The van der Waals surface area contributed by atoms with Crippen LogP contribution in [-0.2, 0) is 0 Å². The minimum Gasteiger partial charge on any atom is -0.406 e. The quantitative estimate of drug-likeness (QED) is 0.500. The Labute approximate surface area is 129 Å². The van der Waals surface area contributed by atoms with Gasteiger partial charge < -0.3 is 15.8 Å². The molecule has 23 heavy (non-hydrogen) atoms. The number of halogens is 5. The zero-order chi connectivity index (χ0) is 17.1. The normalized spacial score (nSPS) is 21.3. The van der Waals surface area contributed by atoms with Crippen LogP contribution in [0.3, 0.4) is 0 Å². The van der Waals surface area contributed by atoms with Gasteiger partial charge in [0, 0.05) is 31.1 Å². The van der Waals surface area contributed by atoms with Gasteiger partial charge in [-0.3, -0.25) is 4.99 Å². The van der Waals surface area contributed by atoms with Crippen LogP contribution in [-0.4, -0.2) is 24.8 Å². The first-order chi connectivity index (χ1) is 10.6. The first kappa shape index (κ1) is 17.3. The summed E-state index contributed by atoms with van der Waals surface area (Å²) in [6, 6.07) is 5.09. The molecule has 3 N–H and O–H groups in total. The zero-order valence-electron chi connectivity index (χ0n) is 12.0. The molecule has 1 saturated carbocycles. The van der Waals surface area contributed by atoms with Crippen molar-refractivity contribution in [2.75, 3.05) is 11.9 Å². The van der Waals surface area contributed by atoms with E-state index in [-0.39, 0.29) is 37.0 Å². The van der Waals surface area contributed by atoms with Crippen molar-refractivity contribution in [2.45, 2.75) is 31.5 Å². The van der Waals surface area contributed by atoms with Gasteiger partial charge in [-0.25, -0.2) is 8.78 Å². The average Bonchev–Trinajstić information content (AvgIpc) is 2.74. The molecule has 128 valence electrons. The highest BCUT2D eigenvalue weighted by molar-refractivity contribution is 5.92. The summed E-state index contributed by atoms with van der Waals surface area (Å²) in [5.74, 6) is -3.34. The molecule has 4 nitrogen and oxygen atoms in total. The molecular weight excluding hydrogens is 321 g/mol. The van der Waals surface area contributed by atoms with Gasteiger partial charge in [0.1, 0.15) is 5.75 Å². The van der Waals surface area contributed by atoms with Gasteiger partial charge in [-0.1, -0.05) is 6.07 Å². The molecule has 1 fully saturated rings. The Morgan fingerprint density at radius 1 is 1.39 bits per heavy atom. The monoisotopic (exact) mass is 337 g/mol. The van der Waals surface area contributed by atoms with Crippen LogP contribution in [0.25, 0.3) is 0 Å². The average molecular weight is 337 g/mol. The molecule has 1 aliphatic rings. The molecule has 0 amide bonds. The summed E-state index contributed by atoms with van der Waals surface area (Å²) in [5.41, 5.74) is 5.87. The number of nitrogens with one attached hydrogen (secondary N) is 1. The molecule has 0 heterocycles. The fourth-order valence-corrected chi connectivity index (χ4v) is 2.38. The highest BCUT2D eigenvalue weighted by Crippen LogP contribution is 2.38. The number of rotatable bonds is 4. The van der Waals surface area contributed by atoms with E-state index >= 15 is 0 Å². The second-order valence-corrected chi connectivity index (χ2v) is 5.39. The Morgan fingerprint density at radius 2 is 2.13 bits per heavy atom. The minimum absolute atomic E-state index is 0.0515. The number of benzene rings is 1. The van der Waals surface area contributed by atoms with Crippen LogP contribution >= 0.6 is 0 Å². The van der Waals surface area contributed by atoms with Crippen LogP contribution < -0.4 is 15.8 Å². The lowest BCUT2D eigenvalue weighted by atomic mass is 10.1. The fraction of sp³-hybridized carbons (Fsp3) is 0.500. The van der Waals surface area contributed by atoms with E-state index in [2.05, 4.69) is 15.0 Å². The molecule has 9 heteroatoms. The molecule has 0 saturated heterocycles. The summed E-state index contributed by atoms with van der Waals surface area (Å²) in [4.78, 5) is 3.96. The molecule has 0 aliphatic heterocycles. The highest BCUT2D eigenvalue weighted by atomic mass is 19.4. The number of ether oxygens (including phenoxy) is 1. The molecule has 1 aliphatic carbocycles. The zero-order valence-corrected chi connectivity index (χ0v) is 12.0. The predicted molar refractivity (Wildman–Crippen MR) is 75.5 cm³/mol. The van der Waals surface area contributed by atoms with Crippen molar-refractivity contribution >= 4 is 11.6 Å². The number of alkyl halides is 5. The third kappa shape index (κ3) is 5.91. The van der Waals surface area contributed by atoms with E-state index in [0.29, 0.717) is 6.42 Å². The number of hydrogen-bond donors (Lipinski definition) is 2. The van der Waals surface area contributed by atoms with Gasteiger partial charge in [-0.2, -0.15) is 0 Å². The topological polar surface area (TPSA) is 59.6 Å².